The first-order valence-electron chi connectivity index (χ1n) is 9.40. The van der Waals surface area contributed by atoms with E-state index in [2.05, 4.69) is 10.6 Å². The second kappa shape index (κ2) is 10.3. The van der Waals surface area contributed by atoms with Gasteiger partial charge in [0.05, 0.1) is 25.5 Å². The van der Waals surface area contributed by atoms with Gasteiger partial charge in [-0.2, -0.15) is 0 Å². The van der Waals surface area contributed by atoms with Crippen LogP contribution < -0.4 is 29.7 Å². The van der Waals surface area contributed by atoms with Crippen molar-refractivity contribution in [3.8, 4) is 17.2 Å². The van der Waals surface area contributed by atoms with Gasteiger partial charge in [0.15, 0.2) is 11.5 Å². The number of nitrogens with zero attached hydrogens (tertiary/aromatic N) is 1. The summed E-state index contributed by atoms with van der Waals surface area (Å²) in [5.41, 5.74) is 2.31. The van der Waals surface area contributed by atoms with Gasteiger partial charge in [-0.15, -0.1) is 0 Å². The molecule has 2 amide bonds. The summed E-state index contributed by atoms with van der Waals surface area (Å²) in [6.45, 7) is 7.10. The topological polar surface area (TPSA) is 72.1 Å². The van der Waals surface area contributed by atoms with Crippen LogP contribution in [-0.4, -0.2) is 39.9 Å². The zero-order valence-corrected chi connectivity index (χ0v) is 17.2. The van der Waals surface area contributed by atoms with Crippen LogP contribution >= 0.6 is 0 Å². The summed E-state index contributed by atoms with van der Waals surface area (Å²) in [5.74, 6) is 1.60. The Morgan fingerprint density at radius 2 is 1.32 bits per heavy atom. The molecule has 0 aliphatic heterocycles. The highest BCUT2D eigenvalue weighted by atomic mass is 16.5. The van der Waals surface area contributed by atoms with Crippen LogP contribution in [0.1, 0.15) is 20.8 Å². The number of anilines is 3. The quantitative estimate of drug-likeness (QED) is 0.658. The van der Waals surface area contributed by atoms with Crippen molar-refractivity contribution in [2.75, 3.05) is 49.4 Å². The largest absolute Gasteiger partial charge is 0.490 e. The lowest BCUT2D eigenvalue weighted by Crippen LogP contribution is -2.19. The van der Waals surface area contributed by atoms with Crippen LogP contribution in [0.25, 0.3) is 0 Å². The fourth-order valence-corrected chi connectivity index (χ4v) is 2.60. The molecule has 0 atom stereocenters. The van der Waals surface area contributed by atoms with Crippen molar-refractivity contribution in [3.05, 3.63) is 36.4 Å². The maximum Gasteiger partial charge on any atom is 0.323 e. The van der Waals surface area contributed by atoms with Gasteiger partial charge in [0.1, 0.15) is 0 Å². The number of carbonyl (C=O) groups excluding carboxylic acids is 1. The average Bonchev–Trinajstić information content (AvgIpc) is 2.65. The second-order valence-electron chi connectivity index (χ2n) is 6.12. The van der Waals surface area contributed by atoms with Crippen LogP contribution in [0.4, 0.5) is 21.9 Å². The first kappa shape index (κ1) is 21.2. The minimum absolute atomic E-state index is 0.355. The predicted octanol–water partition coefficient (Wildman–Crippen LogP) is 4.59. The Morgan fingerprint density at radius 3 is 1.79 bits per heavy atom. The fourth-order valence-electron chi connectivity index (χ4n) is 2.60. The van der Waals surface area contributed by atoms with E-state index in [0.29, 0.717) is 48.4 Å². The first-order chi connectivity index (χ1) is 13.5. The van der Waals surface area contributed by atoms with Crippen LogP contribution in [0.5, 0.6) is 17.2 Å². The van der Waals surface area contributed by atoms with Gasteiger partial charge in [0.25, 0.3) is 0 Å². The van der Waals surface area contributed by atoms with E-state index in [1.54, 1.807) is 12.1 Å². The summed E-state index contributed by atoms with van der Waals surface area (Å²) in [6, 6.07) is 10.7. The van der Waals surface area contributed by atoms with Gasteiger partial charge in [-0.25, -0.2) is 4.79 Å². The van der Waals surface area contributed by atoms with E-state index in [0.717, 1.165) is 5.69 Å². The standard InChI is InChI=1S/C21H29N3O4/c1-6-26-18-13-16(14-19(27-7-2)20(18)28-8-3)23-21(25)22-15-9-11-17(12-10-15)24(4)5/h9-14H,6-8H2,1-5H3,(H2,22,23,25). The number of rotatable bonds is 9. The molecule has 0 unspecified atom stereocenters. The Bertz CT molecular complexity index is 749. The van der Waals surface area contributed by atoms with Gasteiger partial charge in [-0.05, 0) is 45.0 Å². The number of ether oxygens (including phenoxy) is 3. The zero-order chi connectivity index (χ0) is 20.5. The Kier molecular flexibility index (Phi) is 7.80. The predicted molar refractivity (Wildman–Crippen MR) is 113 cm³/mol. The van der Waals surface area contributed by atoms with Gasteiger partial charge in [-0.1, -0.05) is 0 Å². The summed E-state index contributed by atoms with van der Waals surface area (Å²) >= 11 is 0. The Morgan fingerprint density at radius 1 is 0.821 bits per heavy atom. The Balaban J connectivity index is 2.17. The number of benzene rings is 2. The normalized spacial score (nSPS) is 10.2. The van der Waals surface area contributed by atoms with Gasteiger partial charge >= 0.3 is 6.03 Å². The van der Waals surface area contributed by atoms with Crippen LogP contribution in [0.3, 0.4) is 0 Å². The maximum atomic E-state index is 12.4. The minimum Gasteiger partial charge on any atom is -0.490 e. The smallest absolute Gasteiger partial charge is 0.323 e. The highest BCUT2D eigenvalue weighted by Gasteiger charge is 2.16. The van der Waals surface area contributed by atoms with Gasteiger partial charge in [0.2, 0.25) is 5.75 Å². The van der Waals surface area contributed by atoms with Crippen molar-refractivity contribution in [2.45, 2.75) is 20.8 Å². The van der Waals surface area contributed by atoms with Crippen LogP contribution in [0.2, 0.25) is 0 Å². The molecule has 0 saturated carbocycles. The zero-order valence-electron chi connectivity index (χ0n) is 17.2. The third-order valence-electron chi connectivity index (χ3n) is 3.81. The van der Waals surface area contributed by atoms with E-state index in [1.807, 2.05) is 64.0 Å². The third kappa shape index (κ3) is 5.70. The summed E-state index contributed by atoms with van der Waals surface area (Å²) < 4.78 is 17.0. The molecule has 0 bridgehead atoms. The van der Waals surface area contributed by atoms with Gasteiger partial charge < -0.3 is 29.7 Å². The van der Waals surface area contributed by atoms with Crippen molar-refractivity contribution in [2.24, 2.45) is 0 Å². The molecular formula is C21H29N3O4. The molecule has 0 spiro atoms. The molecule has 0 aliphatic rings. The van der Waals surface area contributed by atoms with E-state index in [4.69, 9.17) is 14.2 Å². The van der Waals surface area contributed by atoms with E-state index in [9.17, 15) is 4.79 Å². The maximum absolute atomic E-state index is 12.4. The van der Waals surface area contributed by atoms with E-state index in [-0.39, 0.29) is 6.03 Å². The molecule has 2 N–H and O–H groups in total. The number of nitrogens with one attached hydrogen (secondary N) is 2. The van der Waals surface area contributed by atoms with Crippen molar-refractivity contribution < 1.29 is 19.0 Å². The second-order valence-corrected chi connectivity index (χ2v) is 6.12. The van der Waals surface area contributed by atoms with E-state index < -0.39 is 0 Å². The third-order valence-corrected chi connectivity index (χ3v) is 3.81. The van der Waals surface area contributed by atoms with E-state index in [1.165, 1.54) is 0 Å². The molecule has 0 radical (unpaired) electrons. The lowest BCUT2D eigenvalue weighted by molar-refractivity contribution is 0.260. The summed E-state index contributed by atoms with van der Waals surface area (Å²) in [7, 11) is 3.93. The molecule has 2 aromatic carbocycles. The molecule has 7 nitrogen and oxygen atoms in total. The highest BCUT2D eigenvalue weighted by molar-refractivity contribution is 6.00. The molecule has 0 heterocycles. The van der Waals surface area contributed by atoms with Gasteiger partial charge in [0, 0.05) is 37.6 Å². The van der Waals surface area contributed by atoms with Crippen molar-refractivity contribution in [1.29, 1.82) is 0 Å². The van der Waals surface area contributed by atoms with Crippen molar-refractivity contribution >= 4 is 23.1 Å². The lowest BCUT2D eigenvalue weighted by atomic mass is 10.2. The molecular weight excluding hydrogens is 358 g/mol. The van der Waals surface area contributed by atoms with E-state index >= 15 is 0 Å². The summed E-state index contributed by atoms with van der Waals surface area (Å²) in [5, 5.41) is 5.64. The molecule has 28 heavy (non-hydrogen) atoms. The molecule has 7 heteroatoms. The lowest BCUT2D eigenvalue weighted by Gasteiger charge is -2.17. The van der Waals surface area contributed by atoms with Crippen LogP contribution in [0, 0.1) is 0 Å². The van der Waals surface area contributed by atoms with Crippen molar-refractivity contribution in [1.82, 2.24) is 0 Å². The highest BCUT2D eigenvalue weighted by Crippen LogP contribution is 2.40. The van der Waals surface area contributed by atoms with Gasteiger partial charge in [-0.3, -0.25) is 0 Å². The number of hydrogen-bond donors (Lipinski definition) is 2. The molecule has 0 aromatic heterocycles. The number of urea groups is 1. The van der Waals surface area contributed by atoms with Crippen LogP contribution in [0.15, 0.2) is 36.4 Å². The fraction of sp³-hybridized carbons (Fsp3) is 0.381. The summed E-state index contributed by atoms with van der Waals surface area (Å²) in [4.78, 5) is 14.4. The first-order valence-corrected chi connectivity index (χ1v) is 9.40. The summed E-state index contributed by atoms with van der Waals surface area (Å²) in [6.07, 6.45) is 0. The van der Waals surface area contributed by atoms with Crippen molar-refractivity contribution in [3.63, 3.8) is 0 Å². The molecule has 152 valence electrons. The monoisotopic (exact) mass is 387 g/mol. The number of amides is 2. The number of hydrogen-bond acceptors (Lipinski definition) is 5. The number of carbonyl (C=O) groups is 1. The SMILES string of the molecule is CCOc1cc(NC(=O)Nc2ccc(N(C)C)cc2)cc(OCC)c1OCC. The minimum atomic E-state index is -0.355. The Labute approximate surface area is 166 Å². The molecule has 0 saturated heterocycles. The Hall–Kier alpha value is -3.09. The molecule has 2 aromatic rings. The molecule has 0 aliphatic carbocycles. The molecule has 2 rings (SSSR count). The molecule has 0 fully saturated rings. The average molecular weight is 387 g/mol. The van der Waals surface area contributed by atoms with Crippen LogP contribution in [-0.2, 0) is 0 Å².